The van der Waals surface area contributed by atoms with Crippen LogP contribution in [-0.4, -0.2) is 43.0 Å². The number of methoxy groups -OCH3 is 1. The van der Waals surface area contributed by atoms with Crippen molar-refractivity contribution in [3.8, 4) is 0 Å². The summed E-state index contributed by atoms with van der Waals surface area (Å²) in [6, 6.07) is 0. The number of carbonyl (C=O) groups is 1. The molecule has 0 saturated carbocycles. The lowest BCUT2D eigenvalue weighted by molar-refractivity contribution is -0.143. The van der Waals surface area contributed by atoms with Gasteiger partial charge in [0, 0.05) is 13.7 Å². The van der Waals surface area contributed by atoms with Crippen LogP contribution in [-0.2, 0) is 14.3 Å². The van der Waals surface area contributed by atoms with E-state index in [0.717, 1.165) is 0 Å². The number of hydrogen-bond acceptors (Lipinski definition) is 4. The van der Waals surface area contributed by atoms with E-state index in [-0.39, 0.29) is 12.5 Å². The first-order chi connectivity index (χ1) is 6.40. The number of aliphatic carboxylic acids is 1. The van der Waals surface area contributed by atoms with E-state index in [4.69, 9.17) is 20.3 Å². The molecule has 0 aliphatic carbocycles. The molecule has 0 aliphatic heterocycles. The molecule has 0 aliphatic rings. The highest BCUT2D eigenvalue weighted by atomic mass is 16.5. The van der Waals surface area contributed by atoms with Gasteiger partial charge in [0.05, 0.1) is 12.7 Å². The van der Waals surface area contributed by atoms with Crippen LogP contribution in [0.25, 0.3) is 0 Å². The molecular formula is C9H19NO4. The van der Waals surface area contributed by atoms with E-state index in [1.807, 2.05) is 6.92 Å². The maximum Gasteiger partial charge on any atom is 0.323 e. The third-order valence-electron chi connectivity index (χ3n) is 1.91. The largest absolute Gasteiger partial charge is 0.480 e. The van der Waals surface area contributed by atoms with E-state index in [1.54, 1.807) is 7.11 Å². The Balaban J connectivity index is 3.68. The van der Waals surface area contributed by atoms with Gasteiger partial charge in [-0.1, -0.05) is 0 Å². The van der Waals surface area contributed by atoms with Gasteiger partial charge in [-0.3, -0.25) is 4.79 Å². The molecule has 0 amide bonds. The van der Waals surface area contributed by atoms with Crippen LogP contribution in [0.4, 0.5) is 0 Å². The summed E-state index contributed by atoms with van der Waals surface area (Å²) in [5.41, 5.74) is 4.29. The van der Waals surface area contributed by atoms with Gasteiger partial charge in [0.2, 0.25) is 0 Å². The summed E-state index contributed by atoms with van der Waals surface area (Å²) in [4.78, 5) is 10.6. The fourth-order valence-electron chi connectivity index (χ4n) is 0.862. The smallest absolute Gasteiger partial charge is 0.323 e. The molecule has 0 heterocycles. The van der Waals surface area contributed by atoms with E-state index >= 15 is 0 Å². The van der Waals surface area contributed by atoms with E-state index in [0.29, 0.717) is 13.2 Å². The molecule has 0 bridgehead atoms. The number of hydrogen-bond donors (Lipinski definition) is 2. The number of nitrogens with two attached hydrogens (primary N) is 1. The molecule has 0 saturated heterocycles. The minimum Gasteiger partial charge on any atom is -0.480 e. The molecule has 84 valence electrons. The average molecular weight is 205 g/mol. The van der Waals surface area contributed by atoms with Crippen molar-refractivity contribution in [1.82, 2.24) is 0 Å². The van der Waals surface area contributed by atoms with Crippen molar-refractivity contribution in [1.29, 1.82) is 0 Å². The zero-order valence-electron chi connectivity index (χ0n) is 8.95. The second-order valence-corrected chi connectivity index (χ2v) is 3.61. The minimum atomic E-state index is -1.22. The van der Waals surface area contributed by atoms with E-state index in [9.17, 15) is 4.79 Å². The molecule has 5 heteroatoms. The number of ether oxygens (including phenoxy) is 2. The summed E-state index contributed by atoms with van der Waals surface area (Å²) >= 11 is 0. The van der Waals surface area contributed by atoms with Gasteiger partial charge in [-0.05, 0) is 20.3 Å². The zero-order chi connectivity index (χ0) is 11.2. The van der Waals surface area contributed by atoms with Crippen molar-refractivity contribution in [2.24, 2.45) is 5.73 Å². The molecule has 0 aromatic rings. The monoisotopic (exact) mass is 205 g/mol. The highest BCUT2D eigenvalue weighted by Crippen LogP contribution is 2.06. The van der Waals surface area contributed by atoms with Gasteiger partial charge in [0.25, 0.3) is 0 Å². The molecule has 14 heavy (non-hydrogen) atoms. The van der Waals surface area contributed by atoms with Gasteiger partial charge in [-0.25, -0.2) is 0 Å². The Bertz CT molecular complexity index is 182. The SMILES string of the molecule is COCC(C)OCCC(C)(N)C(=O)O. The van der Waals surface area contributed by atoms with Crippen molar-refractivity contribution < 1.29 is 19.4 Å². The third kappa shape index (κ3) is 5.16. The van der Waals surface area contributed by atoms with Crippen LogP contribution in [0.5, 0.6) is 0 Å². The lowest BCUT2D eigenvalue weighted by atomic mass is 10.0. The highest BCUT2D eigenvalue weighted by Gasteiger charge is 2.27. The van der Waals surface area contributed by atoms with Crippen LogP contribution < -0.4 is 5.73 Å². The van der Waals surface area contributed by atoms with Crippen molar-refractivity contribution in [3.63, 3.8) is 0 Å². The molecule has 0 aromatic heterocycles. The highest BCUT2D eigenvalue weighted by molar-refractivity contribution is 5.77. The topological polar surface area (TPSA) is 81.8 Å². The van der Waals surface area contributed by atoms with E-state index < -0.39 is 11.5 Å². The first kappa shape index (κ1) is 13.4. The summed E-state index contributed by atoms with van der Waals surface area (Å²) in [5, 5.41) is 8.70. The Kier molecular flexibility index (Phi) is 5.68. The standard InChI is InChI=1S/C9H19NO4/c1-7(6-13-3)14-5-4-9(2,10)8(11)12/h7H,4-6,10H2,1-3H3,(H,11,12). The van der Waals surface area contributed by atoms with Gasteiger partial charge in [0.1, 0.15) is 5.54 Å². The molecule has 3 N–H and O–H groups in total. The van der Waals surface area contributed by atoms with Crippen LogP contribution in [0.15, 0.2) is 0 Å². The van der Waals surface area contributed by atoms with Gasteiger partial charge < -0.3 is 20.3 Å². The summed E-state index contributed by atoms with van der Waals surface area (Å²) in [7, 11) is 1.59. The predicted octanol–water partition coefficient (Wildman–Crippen LogP) is 0.230. The molecule has 0 aromatic carbocycles. The Morgan fingerprint density at radius 3 is 2.64 bits per heavy atom. The molecule has 0 fully saturated rings. The maximum absolute atomic E-state index is 10.6. The molecule has 0 radical (unpaired) electrons. The summed E-state index contributed by atoms with van der Waals surface area (Å²) < 4.78 is 10.2. The fraction of sp³-hybridized carbons (Fsp3) is 0.889. The Morgan fingerprint density at radius 2 is 2.21 bits per heavy atom. The molecule has 5 nitrogen and oxygen atoms in total. The summed E-state index contributed by atoms with van der Waals surface area (Å²) in [6.45, 7) is 4.15. The second-order valence-electron chi connectivity index (χ2n) is 3.61. The maximum atomic E-state index is 10.6. The molecule has 0 spiro atoms. The molecule has 2 atom stereocenters. The average Bonchev–Trinajstić information content (AvgIpc) is 2.04. The van der Waals surface area contributed by atoms with Crippen LogP contribution in [0, 0.1) is 0 Å². The van der Waals surface area contributed by atoms with Gasteiger partial charge in [-0.15, -0.1) is 0 Å². The quantitative estimate of drug-likeness (QED) is 0.621. The van der Waals surface area contributed by atoms with Crippen molar-refractivity contribution in [2.45, 2.75) is 31.9 Å². The van der Waals surface area contributed by atoms with Crippen LogP contribution in [0.1, 0.15) is 20.3 Å². The number of rotatable bonds is 7. The van der Waals surface area contributed by atoms with Crippen molar-refractivity contribution >= 4 is 5.97 Å². The first-order valence-corrected chi connectivity index (χ1v) is 4.53. The second kappa shape index (κ2) is 5.95. The molecule has 0 rings (SSSR count). The Hall–Kier alpha value is -0.650. The minimum absolute atomic E-state index is 0.0374. The normalized spacial score (nSPS) is 17.4. The van der Waals surface area contributed by atoms with E-state index in [1.165, 1.54) is 6.92 Å². The van der Waals surface area contributed by atoms with Crippen LogP contribution >= 0.6 is 0 Å². The third-order valence-corrected chi connectivity index (χ3v) is 1.91. The molecular weight excluding hydrogens is 186 g/mol. The van der Waals surface area contributed by atoms with E-state index in [2.05, 4.69) is 0 Å². The number of carboxylic acids is 1. The van der Waals surface area contributed by atoms with Gasteiger partial charge >= 0.3 is 5.97 Å². The summed E-state index contributed by atoms with van der Waals surface area (Å²) in [5.74, 6) is -1.01. The predicted molar refractivity (Wildman–Crippen MR) is 52.1 cm³/mol. The summed E-state index contributed by atoms with van der Waals surface area (Å²) in [6.07, 6.45) is 0.251. The van der Waals surface area contributed by atoms with Crippen LogP contribution in [0.2, 0.25) is 0 Å². The Labute approximate surface area is 84.2 Å². The lowest BCUT2D eigenvalue weighted by Gasteiger charge is -2.20. The fourth-order valence-corrected chi connectivity index (χ4v) is 0.862. The van der Waals surface area contributed by atoms with Crippen LogP contribution in [0.3, 0.4) is 0 Å². The van der Waals surface area contributed by atoms with Crippen molar-refractivity contribution in [2.75, 3.05) is 20.3 Å². The first-order valence-electron chi connectivity index (χ1n) is 4.53. The van der Waals surface area contributed by atoms with Gasteiger partial charge in [-0.2, -0.15) is 0 Å². The Morgan fingerprint density at radius 1 is 1.64 bits per heavy atom. The van der Waals surface area contributed by atoms with Crippen molar-refractivity contribution in [3.05, 3.63) is 0 Å². The molecule has 2 unspecified atom stereocenters. The number of carboxylic acid groups (broad SMARTS) is 1. The zero-order valence-corrected chi connectivity index (χ0v) is 8.95. The van der Waals surface area contributed by atoms with Gasteiger partial charge in [0.15, 0.2) is 0 Å². The lowest BCUT2D eigenvalue weighted by Crippen LogP contribution is -2.45.